The van der Waals surface area contributed by atoms with Crippen LogP contribution in [0.1, 0.15) is 38.2 Å². The van der Waals surface area contributed by atoms with E-state index in [2.05, 4.69) is 11.4 Å². The number of piperidine rings is 1. The Morgan fingerprint density at radius 2 is 1.89 bits per heavy atom. The van der Waals surface area contributed by atoms with Crippen LogP contribution in [-0.4, -0.2) is 29.8 Å². The number of nitrogens with one attached hydrogen (secondary N) is 1. The third kappa shape index (κ3) is 3.56. The first-order chi connectivity index (χ1) is 9.06. The van der Waals surface area contributed by atoms with Gasteiger partial charge in [-0.25, -0.2) is 0 Å². The minimum atomic E-state index is -0.0523. The number of nitrogens with zero attached hydrogens (tertiary/aromatic N) is 1. The smallest absolute Gasteiger partial charge is 0.221 e. The van der Waals surface area contributed by atoms with E-state index in [9.17, 15) is 9.59 Å². The largest absolute Gasteiger partial charge is 0.343 e. The van der Waals surface area contributed by atoms with Gasteiger partial charge in [0.1, 0.15) is 0 Å². The lowest BCUT2D eigenvalue weighted by atomic mass is 9.89. The van der Waals surface area contributed by atoms with E-state index >= 15 is 0 Å². The van der Waals surface area contributed by atoms with Gasteiger partial charge in [-0.1, -0.05) is 12.1 Å². The van der Waals surface area contributed by atoms with Crippen molar-refractivity contribution >= 4 is 17.5 Å². The Bertz CT molecular complexity index is 477. The molecule has 0 radical (unpaired) electrons. The number of carbonyl (C=O) groups excluding carboxylic acids is 2. The lowest BCUT2D eigenvalue weighted by molar-refractivity contribution is -0.129. The molecule has 1 aliphatic rings. The number of benzene rings is 1. The van der Waals surface area contributed by atoms with Gasteiger partial charge in [0.2, 0.25) is 11.8 Å². The molecule has 1 N–H and O–H groups in total. The molecule has 0 spiro atoms. The van der Waals surface area contributed by atoms with Crippen LogP contribution in [0.3, 0.4) is 0 Å². The topological polar surface area (TPSA) is 49.4 Å². The van der Waals surface area contributed by atoms with Crippen molar-refractivity contribution in [3.05, 3.63) is 29.8 Å². The van der Waals surface area contributed by atoms with E-state index in [1.165, 1.54) is 12.5 Å². The molecule has 1 aromatic carbocycles. The van der Waals surface area contributed by atoms with Crippen LogP contribution in [0.4, 0.5) is 5.69 Å². The first-order valence-electron chi connectivity index (χ1n) is 6.69. The highest BCUT2D eigenvalue weighted by Crippen LogP contribution is 2.29. The molecule has 1 aromatic rings. The molecule has 2 rings (SSSR count). The number of rotatable bonds is 2. The van der Waals surface area contributed by atoms with Gasteiger partial charge < -0.3 is 10.2 Å². The maximum absolute atomic E-state index is 11.3. The molecule has 0 bridgehead atoms. The summed E-state index contributed by atoms with van der Waals surface area (Å²) in [6.45, 7) is 4.78. The maximum Gasteiger partial charge on any atom is 0.221 e. The fourth-order valence-corrected chi connectivity index (χ4v) is 2.60. The molecule has 4 heteroatoms. The van der Waals surface area contributed by atoms with Crippen molar-refractivity contribution in [2.75, 3.05) is 18.4 Å². The van der Waals surface area contributed by atoms with Crippen molar-refractivity contribution in [1.82, 2.24) is 4.90 Å². The van der Waals surface area contributed by atoms with Gasteiger partial charge in [-0.2, -0.15) is 0 Å². The maximum atomic E-state index is 11.3. The van der Waals surface area contributed by atoms with Gasteiger partial charge in [-0.05, 0) is 36.5 Å². The van der Waals surface area contributed by atoms with Crippen molar-refractivity contribution in [3.63, 3.8) is 0 Å². The highest BCUT2D eigenvalue weighted by molar-refractivity contribution is 5.88. The molecule has 2 amide bonds. The molecule has 102 valence electrons. The zero-order chi connectivity index (χ0) is 13.8. The highest BCUT2D eigenvalue weighted by Gasteiger charge is 2.21. The Morgan fingerprint density at radius 1 is 1.21 bits per heavy atom. The van der Waals surface area contributed by atoms with E-state index in [4.69, 9.17) is 0 Å². The van der Waals surface area contributed by atoms with Crippen LogP contribution in [0.15, 0.2) is 24.3 Å². The summed E-state index contributed by atoms with van der Waals surface area (Å²) < 4.78 is 0. The summed E-state index contributed by atoms with van der Waals surface area (Å²) >= 11 is 0. The third-order valence-corrected chi connectivity index (χ3v) is 3.62. The van der Waals surface area contributed by atoms with Crippen LogP contribution >= 0.6 is 0 Å². The third-order valence-electron chi connectivity index (χ3n) is 3.62. The molecule has 19 heavy (non-hydrogen) atoms. The lowest BCUT2D eigenvalue weighted by Crippen LogP contribution is -2.36. The Balaban J connectivity index is 2.03. The van der Waals surface area contributed by atoms with Crippen molar-refractivity contribution in [1.29, 1.82) is 0 Å². The van der Waals surface area contributed by atoms with Gasteiger partial charge in [-0.15, -0.1) is 0 Å². The number of anilines is 1. The predicted molar refractivity (Wildman–Crippen MR) is 75.0 cm³/mol. The van der Waals surface area contributed by atoms with Gasteiger partial charge in [0.05, 0.1) is 0 Å². The normalized spacial score (nSPS) is 16.2. The Hall–Kier alpha value is -1.84. The minimum Gasteiger partial charge on any atom is -0.343 e. The van der Waals surface area contributed by atoms with E-state index in [1.807, 2.05) is 23.1 Å². The van der Waals surface area contributed by atoms with E-state index in [-0.39, 0.29) is 11.8 Å². The summed E-state index contributed by atoms with van der Waals surface area (Å²) in [6, 6.07) is 8.00. The van der Waals surface area contributed by atoms with Crippen LogP contribution in [-0.2, 0) is 9.59 Å². The lowest BCUT2D eigenvalue weighted by Gasteiger charge is -2.31. The van der Waals surface area contributed by atoms with Crippen molar-refractivity contribution in [2.24, 2.45) is 0 Å². The molecule has 0 unspecified atom stereocenters. The SMILES string of the molecule is CC(=O)Nc1cccc(C2CCN(C(C)=O)CC2)c1. The molecule has 1 heterocycles. The minimum absolute atomic E-state index is 0.0523. The molecular formula is C15H20N2O2. The number of hydrogen-bond acceptors (Lipinski definition) is 2. The Labute approximate surface area is 113 Å². The number of carbonyl (C=O) groups is 2. The fraction of sp³-hybridized carbons (Fsp3) is 0.467. The zero-order valence-corrected chi connectivity index (χ0v) is 11.5. The van der Waals surface area contributed by atoms with Gasteiger partial charge in [0.15, 0.2) is 0 Å². The van der Waals surface area contributed by atoms with E-state index in [1.54, 1.807) is 6.92 Å². The fourth-order valence-electron chi connectivity index (χ4n) is 2.60. The average molecular weight is 260 g/mol. The van der Waals surface area contributed by atoms with Gasteiger partial charge in [0, 0.05) is 32.6 Å². The van der Waals surface area contributed by atoms with Crippen molar-refractivity contribution in [3.8, 4) is 0 Å². The van der Waals surface area contributed by atoms with Crippen LogP contribution in [0.5, 0.6) is 0 Å². The molecular weight excluding hydrogens is 240 g/mol. The number of likely N-dealkylation sites (tertiary alicyclic amines) is 1. The molecule has 0 saturated carbocycles. The standard InChI is InChI=1S/C15H20N2O2/c1-11(18)16-15-5-3-4-14(10-15)13-6-8-17(9-7-13)12(2)19/h3-5,10,13H,6-9H2,1-2H3,(H,16,18). The molecule has 0 aliphatic carbocycles. The molecule has 1 aliphatic heterocycles. The van der Waals surface area contributed by atoms with E-state index < -0.39 is 0 Å². The van der Waals surface area contributed by atoms with Crippen LogP contribution in [0.25, 0.3) is 0 Å². The predicted octanol–water partition coefficient (Wildman–Crippen LogP) is 2.37. The Morgan fingerprint density at radius 3 is 2.47 bits per heavy atom. The second-order valence-electron chi connectivity index (χ2n) is 5.09. The first-order valence-corrected chi connectivity index (χ1v) is 6.69. The second kappa shape index (κ2) is 5.87. The van der Waals surface area contributed by atoms with Crippen LogP contribution in [0, 0.1) is 0 Å². The van der Waals surface area contributed by atoms with Gasteiger partial charge in [0.25, 0.3) is 0 Å². The highest BCUT2D eigenvalue weighted by atomic mass is 16.2. The summed E-state index contributed by atoms with van der Waals surface area (Å²) in [5.74, 6) is 0.582. The van der Waals surface area contributed by atoms with E-state index in [0.717, 1.165) is 31.6 Å². The Kier molecular flexibility index (Phi) is 4.20. The summed E-state index contributed by atoms with van der Waals surface area (Å²) in [6.07, 6.45) is 1.98. The second-order valence-corrected chi connectivity index (χ2v) is 5.09. The zero-order valence-electron chi connectivity index (χ0n) is 11.5. The summed E-state index contributed by atoms with van der Waals surface area (Å²) in [5, 5.41) is 2.81. The summed E-state index contributed by atoms with van der Waals surface area (Å²) in [4.78, 5) is 24.3. The number of amides is 2. The van der Waals surface area contributed by atoms with Crippen LogP contribution < -0.4 is 5.32 Å². The molecule has 4 nitrogen and oxygen atoms in total. The average Bonchev–Trinajstić information content (AvgIpc) is 2.38. The first kappa shape index (κ1) is 13.6. The number of hydrogen-bond donors (Lipinski definition) is 1. The van der Waals surface area contributed by atoms with E-state index in [0.29, 0.717) is 5.92 Å². The molecule has 1 fully saturated rings. The van der Waals surface area contributed by atoms with Crippen molar-refractivity contribution in [2.45, 2.75) is 32.6 Å². The summed E-state index contributed by atoms with van der Waals surface area (Å²) in [7, 11) is 0. The monoisotopic (exact) mass is 260 g/mol. The summed E-state index contributed by atoms with van der Waals surface area (Å²) in [5.41, 5.74) is 2.09. The van der Waals surface area contributed by atoms with Gasteiger partial charge >= 0.3 is 0 Å². The molecule has 1 saturated heterocycles. The van der Waals surface area contributed by atoms with Crippen molar-refractivity contribution < 1.29 is 9.59 Å². The van der Waals surface area contributed by atoms with Gasteiger partial charge in [-0.3, -0.25) is 9.59 Å². The molecule has 0 aromatic heterocycles. The quantitative estimate of drug-likeness (QED) is 0.887. The van der Waals surface area contributed by atoms with Crippen LogP contribution in [0.2, 0.25) is 0 Å². The molecule has 0 atom stereocenters.